The fourth-order valence-electron chi connectivity index (χ4n) is 1.76. The van der Waals surface area contributed by atoms with Crippen LogP contribution in [0.2, 0.25) is 5.02 Å². The van der Waals surface area contributed by atoms with E-state index in [1.54, 1.807) is 25.3 Å². The Bertz CT molecular complexity index is 616. The lowest BCUT2D eigenvalue weighted by Gasteiger charge is -2.10. The molecule has 7 heteroatoms. The van der Waals surface area contributed by atoms with Gasteiger partial charge in [-0.3, -0.25) is 9.69 Å². The first-order valence-electron chi connectivity index (χ1n) is 5.70. The van der Waals surface area contributed by atoms with Crippen LogP contribution >= 0.6 is 23.8 Å². The van der Waals surface area contributed by atoms with E-state index < -0.39 is 0 Å². The summed E-state index contributed by atoms with van der Waals surface area (Å²) in [6.07, 6.45) is 1.63. The molecule has 1 aromatic carbocycles. The molecule has 106 valence electrons. The third-order valence-electron chi connectivity index (χ3n) is 2.88. The third-order valence-corrected chi connectivity index (χ3v) is 3.59. The van der Waals surface area contributed by atoms with Crippen LogP contribution in [0.25, 0.3) is 6.08 Å². The number of carbonyl (C=O) groups is 1. The van der Waals surface area contributed by atoms with Crippen molar-refractivity contribution in [2.24, 2.45) is 0 Å². The maximum atomic E-state index is 11.9. The Kier molecular flexibility index (Phi) is 4.15. The molecule has 1 aliphatic heterocycles. The first-order chi connectivity index (χ1) is 9.47. The van der Waals surface area contributed by atoms with Gasteiger partial charge in [-0.1, -0.05) is 11.6 Å². The van der Waals surface area contributed by atoms with Crippen LogP contribution < -0.4 is 14.8 Å². The molecule has 1 saturated heterocycles. The second-order valence-electron chi connectivity index (χ2n) is 4.08. The standard InChI is InChI=1S/C13H13ClN2O3S/c1-16-12(17)9(15-13(16)20)4-7-5-10(18-2)11(19-3)6-8(7)14/h4-6H,1-3H3,(H,15,20)/b9-4-. The number of nitrogens with zero attached hydrogens (tertiary/aromatic N) is 1. The molecule has 1 fully saturated rings. The van der Waals surface area contributed by atoms with Crippen molar-refractivity contribution in [2.45, 2.75) is 0 Å². The van der Waals surface area contributed by atoms with Crippen LogP contribution in [0, 0.1) is 0 Å². The second kappa shape index (κ2) is 5.68. The summed E-state index contributed by atoms with van der Waals surface area (Å²) in [7, 11) is 4.67. The van der Waals surface area contributed by atoms with Crippen molar-refractivity contribution in [1.29, 1.82) is 0 Å². The number of methoxy groups -OCH3 is 2. The molecule has 0 unspecified atom stereocenters. The maximum absolute atomic E-state index is 11.9. The molecule has 1 amide bonds. The van der Waals surface area contributed by atoms with Crippen molar-refractivity contribution >= 4 is 40.9 Å². The molecular weight excluding hydrogens is 300 g/mol. The lowest BCUT2D eigenvalue weighted by molar-refractivity contribution is -0.121. The monoisotopic (exact) mass is 312 g/mol. The van der Waals surface area contributed by atoms with Crippen molar-refractivity contribution in [1.82, 2.24) is 10.2 Å². The molecule has 5 nitrogen and oxygen atoms in total. The number of likely N-dealkylation sites (N-methyl/N-ethyl adjacent to an activating group) is 1. The van der Waals surface area contributed by atoms with Crippen LogP contribution in [0.4, 0.5) is 0 Å². The normalized spacial score (nSPS) is 16.6. The number of thiocarbonyl (C=S) groups is 1. The Balaban J connectivity index is 2.44. The first-order valence-corrected chi connectivity index (χ1v) is 6.48. The minimum absolute atomic E-state index is 0.208. The van der Waals surface area contributed by atoms with E-state index in [1.807, 2.05) is 0 Å². The summed E-state index contributed by atoms with van der Waals surface area (Å²) >= 11 is 11.2. The predicted molar refractivity (Wildman–Crippen MR) is 81.0 cm³/mol. The Hall–Kier alpha value is -1.79. The van der Waals surface area contributed by atoms with Gasteiger partial charge >= 0.3 is 0 Å². The van der Waals surface area contributed by atoms with Crippen molar-refractivity contribution in [2.75, 3.05) is 21.3 Å². The van der Waals surface area contributed by atoms with Crippen LogP contribution in [-0.4, -0.2) is 37.2 Å². The predicted octanol–water partition coefficient (Wildman–Crippen LogP) is 2.04. The quantitative estimate of drug-likeness (QED) is 0.684. The first kappa shape index (κ1) is 14.6. The molecule has 1 N–H and O–H groups in total. The zero-order chi connectivity index (χ0) is 14.9. The van der Waals surface area contributed by atoms with Crippen LogP contribution in [0.3, 0.4) is 0 Å². The van der Waals surface area contributed by atoms with E-state index in [4.69, 9.17) is 33.3 Å². The van der Waals surface area contributed by atoms with Gasteiger partial charge in [0, 0.05) is 13.1 Å². The van der Waals surface area contributed by atoms with Crippen LogP contribution in [0.5, 0.6) is 11.5 Å². The second-order valence-corrected chi connectivity index (χ2v) is 4.87. The smallest absolute Gasteiger partial charge is 0.276 e. The van der Waals surface area contributed by atoms with Gasteiger partial charge in [0.1, 0.15) is 5.70 Å². The highest BCUT2D eigenvalue weighted by Gasteiger charge is 2.27. The summed E-state index contributed by atoms with van der Waals surface area (Å²) in [5, 5.41) is 3.64. The maximum Gasteiger partial charge on any atom is 0.276 e. The van der Waals surface area contributed by atoms with E-state index in [-0.39, 0.29) is 5.91 Å². The molecule has 0 atom stereocenters. The summed E-state index contributed by atoms with van der Waals surface area (Å²) in [5.41, 5.74) is 1.00. The summed E-state index contributed by atoms with van der Waals surface area (Å²) in [6, 6.07) is 3.33. The highest BCUT2D eigenvalue weighted by atomic mass is 35.5. The molecule has 0 saturated carbocycles. The lowest BCUT2D eigenvalue weighted by Crippen LogP contribution is -2.25. The SMILES string of the molecule is COc1cc(Cl)c(/C=C2\NC(=S)N(C)C2=O)cc1OC. The fourth-order valence-corrected chi connectivity index (χ4v) is 2.16. The average molecular weight is 313 g/mol. The number of nitrogens with one attached hydrogen (secondary N) is 1. The molecule has 0 spiro atoms. The molecule has 1 aromatic rings. The van der Waals surface area contributed by atoms with E-state index in [2.05, 4.69) is 5.32 Å². The van der Waals surface area contributed by atoms with E-state index >= 15 is 0 Å². The lowest BCUT2D eigenvalue weighted by atomic mass is 10.1. The van der Waals surface area contributed by atoms with Crippen LogP contribution in [-0.2, 0) is 4.79 Å². The zero-order valence-corrected chi connectivity index (χ0v) is 12.8. The van der Waals surface area contributed by atoms with Gasteiger partial charge in [0.25, 0.3) is 5.91 Å². The Morgan fingerprint density at radius 2 is 1.90 bits per heavy atom. The third kappa shape index (κ3) is 2.57. The van der Waals surface area contributed by atoms with Gasteiger partial charge in [-0.25, -0.2) is 0 Å². The molecule has 1 heterocycles. The van der Waals surface area contributed by atoms with Gasteiger partial charge in [-0.15, -0.1) is 0 Å². The molecule has 20 heavy (non-hydrogen) atoms. The van der Waals surface area contributed by atoms with E-state index in [0.717, 1.165) is 0 Å². The van der Waals surface area contributed by atoms with Crippen LogP contribution in [0.1, 0.15) is 5.56 Å². The molecule has 2 rings (SSSR count). The number of carbonyl (C=O) groups excluding carboxylic acids is 1. The minimum Gasteiger partial charge on any atom is -0.493 e. The molecular formula is C13H13ClN2O3S. The van der Waals surface area contributed by atoms with Gasteiger partial charge in [-0.05, 0) is 29.9 Å². The van der Waals surface area contributed by atoms with E-state index in [1.165, 1.54) is 19.1 Å². The van der Waals surface area contributed by atoms with Gasteiger partial charge in [-0.2, -0.15) is 0 Å². The molecule has 0 bridgehead atoms. The summed E-state index contributed by atoms with van der Waals surface area (Å²) < 4.78 is 10.4. The number of ether oxygens (including phenoxy) is 2. The summed E-state index contributed by atoms with van der Waals surface area (Å²) in [4.78, 5) is 13.3. The topological polar surface area (TPSA) is 50.8 Å². The Morgan fingerprint density at radius 3 is 2.40 bits per heavy atom. The molecule has 1 aliphatic rings. The summed E-state index contributed by atoms with van der Waals surface area (Å²) in [5.74, 6) is 0.851. The van der Waals surface area contributed by atoms with Crippen molar-refractivity contribution in [3.8, 4) is 11.5 Å². The molecule has 0 radical (unpaired) electrons. The van der Waals surface area contributed by atoms with Gasteiger partial charge < -0.3 is 14.8 Å². The number of hydrogen-bond acceptors (Lipinski definition) is 4. The van der Waals surface area contributed by atoms with Gasteiger partial charge in [0.05, 0.1) is 19.2 Å². The largest absolute Gasteiger partial charge is 0.493 e. The number of amides is 1. The molecule has 0 aliphatic carbocycles. The zero-order valence-electron chi connectivity index (χ0n) is 11.2. The van der Waals surface area contributed by atoms with Crippen molar-refractivity contribution in [3.63, 3.8) is 0 Å². The highest BCUT2D eigenvalue weighted by Crippen LogP contribution is 2.34. The number of benzene rings is 1. The van der Waals surface area contributed by atoms with Gasteiger partial charge in [0.15, 0.2) is 16.6 Å². The Morgan fingerprint density at radius 1 is 1.30 bits per heavy atom. The summed E-state index contributed by atoms with van der Waals surface area (Å²) in [6.45, 7) is 0. The highest BCUT2D eigenvalue weighted by molar-refractivity contribution is 7.80. The minimum atomic E-state index is -0.208. The van der Waals surface area contributed by atoms with E-state index in [0.29, 0.717) is 32.9 Å². The van der Waals surface area contributed by atoms with E-state index in [9.17, 15) is 4.79 Å². The number of hydrogen-bond donors (Lipinski definition) is 1. The van der Waals surface area contributed by atoms with Crippen LogP contribution in [0.15, 0.2) is 17.8 Å². The van der Waals surface area contributed by atoms with Crippen molar-refractivity contribution < 1.29 is 14.3 Å². The van der Waals surface area contributed by atoms with Crippen molar-refractivity contribution in [3.05, 3.63) is 28.4 Å². The van der Waals surface area contributed by atoms with Gasteiger partial charge in [0.2, 0.25) is 0 Å². The number of rotatable bonds is 3. The fraction of sp³-hybridized carbons (Fsp3) is 0.231. The Labute approximate surface area is 127 Å². The number of halogens is 1. The average Bonchev–Trinajstić information content (AvgIpc) is 2.68. The molecule has 0 aromatic heterocycles.